The third kappa shape index (κ3) is 7.55. The first-order chi connectivity index (χ1) is 19.9. The fraction of sp³-hybridized carbons (Fsp3) is 0.438. The van der Waals surface area contributed by atoms with Gasteiger partial charge in [-0.2, -0.15) is 0 Å². The molecule has 3 aromatic rings. The van der Waals surface area contributed by atoms with Gasteiger partial charge in [-0.05, 0) is 80.7 Å². The molecule has 0 bridgehead atoms. The van der Waals surface area contributed by atoms with E-state index in [1.807, 2.05) is 31.6 Å². The molecule has 1 aromatic carbocycles. The number of aliphatic hydroxyl groups is 1. The largest absolute Gasteiger partial charge is 0.393 e. The Bertz CT molecular complexity index is 1360. The number of hydrogen-bond acceptors (Lipinski definition) is 8. The maximum Gasteiger partial charge on any atom is 0.274 e. The van der Waals surface area contributed by atoms with Crippen LogP contribution in [0.25, 0.3) is 11.1 Å². The Balaban J connectivity index is 1.31. The first kappa shape index (κ1) is 28.9. The fourth-order valence-corrected chi connectivity index (χ4v) is 5.34. The van der Waals surface area contributed by atoms with E-state index in [1.165, 1.54) is 0 Å². The van der Waals surface area contributed by atoms with Crippen molar-refractivity contribution in [2.45, 2.75) is 38.3 Å². The summed E-state index contributed by atoms with van der Waals surface area (Å²) in [5, 5.41) is 12.8. The molecule has 4 heterocycles. The van der Waals surface area contributed by atoms with Gasteiger partial charge in [0.05, 0.1) is 18.0 Å². The maximum atomic E-state index is 13.5. The molecule has 0 spiro atoms. The van der Waals surface area contributed by atoms with E-state index in [0.29, 0.717) is 17.9 Å². The smallest absolute Gasteiger partial charge is 0.274 e. The van der Waals surface area contributed by atoms with Crippen molar-refractivity contribution < 1.29 is 9.90 Å². The lowest BCUT2D eigenvalue weighted by Gasteiger charge is -2.29. The summed E-state index contributed by atoms with van der Waals surface area (Å²) in [5.41, 5.74) is 6.29. The predicted octanol–water partition coefficient (Wildman–Crippen LogP) is 3.47. The van der Waals surface area contributed by atoms with Crippen LogP contribution in [0.3, 0.4) is 0 Å². The number of anilines is 2. The van der Waals surface area contributed by atoms with Crippen molar-refractivity contribution in [1.82, 2.24) is 19.8 Å². The molecule has 1 amide bonds. The Morgan fingerprint density at radius 3 is 2.61 bits per heavy atom. The van der Waals surface area contributed by atoms with Gasteiger partial charge >= 0.3 is 0 Å². The standard InChI is InChI=1S/C32H41N7O2/c1-37(2)15-16-38(3)30-9-8-27(21-35-30)36-32(41)31-29-18-25(7-6-24(29)5-4-12-34-31)26-17-23(19-33-20-26)22-39-13-10-28(40)11-14-39/h6-9,17-21,28,40H,4-5,10-16,22H2,1-3H3,(H,36,41). The van der Waals surface area contributed by atoms with Crippen LogP contribution in [0.4, 0.5) is 11.5 Å². The number of likely N-dealkylation sites (tertiary alicyclic amines) is 1. The third-order valence-electron chi connectivity index (χ3n) is 7.83. The third-order valence-corrected chi connectivity index (χ3v) is 7.83. The number of fused-ring (bicyclic) bond motifs is 1. The average Bonchev–Trinajstić information content (AvgIpc) is 3.20. The van der Waals surface area contributed by atoms with Crippen molar-refractivity contribution in [3.63, 3.8) is 0 Å². The Morgan fingerprint density at radius 1 is 1.02 bits per heavy atom. The Hall–Kier alpha value is -3.66. The molecule has 216 valence electrons. The van der Waals surface area contributed by atoms with Crippen LogP contribution >= 0.6 is 0 Å². The number of piperidine rings is 1. The molecule has 0 aliphatic carbocycles. The van der Waals surface area contributed by atoms with Crippen LogP contribution in [0.5, 0.6) is 0 Å². The molecule has 41 heavy (non-hydrogen) atoms. The van der Waals surface area contributed by atoms with E-state index in [2.05, 4.69) is 68.3 Å². The zero-order valence-corrected chi connectivity index (χ0v) is 24.4. The van der Waals surface area contributed by atoms with Gasteiger partial charge in [0.2, 0.25) is 0 Å². The zero-order valence-electron chi connectivity index (χ0n) is 24.4. The number of aromatic nitrogens is 2. The van der Waals surface area contributed by atoms with Gasteiger partial charge in [0, 0.05) is 69.8 Å². The van der Waals surface area contributed by atoms with E-state index in [1.54, 1.807) is 6.20 Å². The van der Waals surface area contributed by atoms with Crippen molar-refractivity contribution in [2.24, 2.45) is 4.99 Å². The molecule has 0 saturated carbocycles. The summed E-state index contributed by atoms with van der Waals surface area (Å²) < 4.78 is 0. The van der Waals surface area contributed by atoms with E-state index in [0.717, 1.165) is 92.0 Å². The van der Waals surface area contributed by atoms with Crippen molar-refractivity contribution in [3.8, 4) is 11.1 Å². The Labute approximate surface area is 242 Å². The van der Waals surface area contributed by atoms with Gasteiger partial charge in [-0.3, -0.25) is 19.7 Å². The number of hydrogen-bond donors (Lipinski definition) is 2. The molecular weight excluding hydrogens is 514 g/mol. The number of aliphatic hydroxyl groups excluding tert-OH is 1. The van der Waals surface area contributed by atoms with Crippen molar-refractivity contribution >= 4 is 23.1 Å². The van der Waals surface area contributed by atoms with Gasteiger partial charge in [-0.25, -0.2) is 4.98 Å². The molecule has 0 unspecified atom stereocenters. The number of rotatable bonds is 9. The molecule has 2 aliphatic heterocycles. The Morgan fingerprint density at radius 2 is 1.85 bits per heavy atom. The van der Waals surface area contributed by atoms with Crippen LogP contribution in [0.1, 0.15) is 36.0 Å². The van der Waals surface area contributed by atoms with Crippen molar-refractivity contribution in [2.75, 3.05) is 64.1 Å². The van der Waals surface area contributed by atoms with Crippen LogP contribution in [0.15, 0.2) is 60.0 Å². The number of benzene rings is 1. The fourth-order valence-electron chi connectivity index (χ4n) is 5.34. The summed E-state index contributed by atoms with van der Waals surface area (Å²) in [5.74, 6) is 0.639. The number of carbonyl (C=O) groups is 1. The highest BCUT2D eigenvalue weighted by Gasteiger charge is 2.22. The topological polar surface area (TPSA) is 97.2 Å². The summed E-state index contributed by atoms with van der Waals surface area (Å²) in [6.07, 6.45) is 8.73. The van der Waals surface area contributed by atoms with E-state index < -0.39 is 0 Å². The quantitative estimate of drug-likeness (QED) is 0.417. The van der Waals surface area contributed by atoms with E-state index >= 15 is 0 Å². The molecule has 1 saturated heterocycles. The highest BCUT2D eigenvalue weighted by atomic mass is 16.3. The molecule has 0 radical (unpaired) electrons. The highest BCUT2D eigenvalue weighted by Crippen LogP contribution is 2.27. The number of likely N-dealkylation sites (N-methyl/N-ethyl adjacent to an activating group) is 2. The molecule has 2 aromatic heterocycles. The summed E-state index contributed by atoms with van der Waals surface area (Å²) in [6.45, 7) is 5.01. The summed E-state index contributed by atoms with van der Waals surface area (Å²) in [6, 6.07) is 12.3. The van der Waals surface area contributed by atoms with Crippen LogP contribution < -0.4 is 10.2 Å². The minimum absolute atomic E-state index is 0.182. The number of amides is 1. The SMILES string of the molecule is CN(C)CCN(C)c1ccc(NC(=O)C2=NCCCc3ccc(-c4cncc(CN5CCC(O)CC5)c4)cc32)cn1. The zero-order chi connectivity index (χ0) is 28.8. The van der Waals surface area contributed by atoms with Crippen LogP contribution in [-0.4, -0.2) is 96.5 Å². The second-order valence-corrected chi connectivity index (χ2v) is 11.4. The van der Waals surface area contributed by atoms with Gasteiger partial charge in [0.15, 0.2) is 0 Å². The second kappa shape index (κ2) is 13.3. The predicted molar refractivity (Wildman–Crippen MR) is 165 cm³/mol. The van der Waals surface area contributed by atoms with Gasteiger partial charge in [-0.1, -0.05) is 12.1 Å². The lowest BCUT2D eigenvalue weighted by atomic mass is 9.94. The summed E-state index contributed by atoms with van der Waals surface area (Å²) in [7, 11) is 6.12. The second-order valence-electron chi connectivity index (χ2n) is 11.4. The molecule has 2 N–H and O–H groups in total. The first-order valence-electron chi connectivity index (χ1n) is 14.5. The molecule has 9 heteroatoms. The van der Waals surface area contributed by atoms with Crippen molar-refractivity contribution in [1.29, 1.82) is 0 Å². The van der Waals surface area contributed by atoms with Gasteiger partial charge in [0.1, 0.15) is 11.5 Å². The number of aryl methyl sites for hydroxylation is 1. The molecule has 9 nitrogen and oxygen atoms in total. The van der Waals surface area contributed by atoms with Crippen LogP contribution in [0.2, 0.25) is 0 Å². The number of nitrogens with one attached hydrogen (secondary N) is 1. The average molecular weight is 556 g/mol. The van der Waals surface area contributed by atoms with Crippen molar-refractivity contribution in [3.05, 3.63) is 71.7 Å². The number of nitrogens with zero attached hydrogens (tertiary/aromatic N) is 6. The van der Waals surface area contributed by atoms with E-state index in [9.17, 15) is 9.90 Å². The Kier molecular flexibility index (Phi) is 9.38. The van der Waals surface area contributed by atoms with Crippen LogP contribution in [-0.2, 0) is 17.8 Å². The normalized spacial score (nSPS) is 16.2. The van der Waals surface area contributed by atoms with Gasteiger partial charge in [0.25, 0.3) is 5.91 Å². The maximum absolute atomic E-state index is 13.5. The number of aliphatic imine (C=N–C) groups is 1. The highest BCUT2D eigenvalue weighted by molar-refractivity contribution is 6.49. The molecular formula is C32H41N7O2. The summed E-state index contributed by atoms with van der Waals surface area (Å²) >= 11 is 0. The molecule has 0 atom stereocenters. The minimum Gasteiger partial charge on any atom is -0.393 e. The minimum atomic E-state index is -0.222. The molecule has 5 rings (SSSR count). The number of carbonyl (C=O) groups excluding carboxylic acids is 1. The van der Waals surface area contributed by atoms with E-state index in [-0.39, 0.29) is 12.0 Å². The first-order valence-corrected chi connectivity index (χ1v) is 14.5. The van der Waals surface area contributed by atoms with E-state index in [4.69, 9.17) is 4.99 Å². The van der Waals surface area contributed by atoms with Gasteiger partial charge < -0.3 is 20.2 Å². The lowest BCUT2D eigenvalue weighted by Crippen LogP contribution is -2.35. The van der Waals surface area contributed by atoms with Gasteiger partial charge in [-0.15, -0.1) is 0 Å². The lowest BCUT2D eigenvalue weighted by molar-refractivity contribution is -0.110. The molecule has 1 fully saturated rings. The molecule has 2 aliphatic rings. The monoisotopic (exact) mass is 555 g/mol. The summed E-state index contributed by atoms with van der Waals surface area (Å²) in [4.78, 5) is 33.9. The van der Waals surface area contributed by atoms with Crippen LogP contribution in [0, 0.1) is 0 Å². The number of pyridine rings is 2.